The fraction of sp³-hybridized carbons (Fsp3) is 0.444. The molecule has 200 valence electrons. The summed E-state index contributed by atoms with van der Waals surface area (Å²) >= 11 is 0. The molecule has 2 heterocycles. The van der Waals surface area contributed by atoms with E-state index in [1.54, 1.807) is 32.0 Å². The Kier molecular flexibility index (Phi) is 8.65. The molecule has 2 N–H and O–H groups in total. The lowest BCUT2D eigenvalue weighted by molar-refractivity contribution is -0.140. The number of aliphatic hydroxyl groups is 1. The van der Waals surface area contributed by atoms with Gasteiger partial charge in [0.2, 0.25) is 0 Å². The van der Waals surface area contributed by atoms with Gasteiger partial charge in [-0.2, -0.15) is 0 Å². The van der Waals surface area contributed by atoms with Crippen LogP contribution < -0.4 is 9.47 Å². The van der Waals surface area contributed by atoms with E-state index in [1.165, 1.54) is 26.2 Å². The van der Waals surface area contributed by atoms with Crippen molar-refractivity contribution in [3.63, 3.8) is 0 Å². The number of aromatic nitrogens is 1. The molecule has 10 nitrogen and oxygen atoms in total. The van der Waals surface area contributed by atoms with Gasteiger partial charge >= 0.3 is 5.97 Å². The first-order valence-electron chi connectivity index (χ1n) is 12.1. The number of likely N-dealkylation sites (N-methyl/N-ethyl adjacent to an activating group) is 1. The number of carbonyl (C=O) groups excluding carboxylic acids is 3. The van der Waals surface area contributed by atoms with E-state index in [2.05, 4.69) is 9.88 Å². The van der Waals surface area contributed by atoms with Crippen molar-refractivity contribution in [2.45, 2.75) is 33.7 Å². The van der Waals surface area contributed by atoms with Gasteiger partial charge in [-0.15, -0.1) is 0 Å². The number of esters is 1. The number of Topliss-reactive ketones (excluding diaryl/α,β-unsaturated/α-hetero) is 1. The maximum atomic E-state index is 13.5. The Morgan fingerprint density at radius 1 is 1.11 bits per heavy atom. The summed E-state index contributed by atoms with van der Waals surface area (Å²) in [5, 5.41) is 11.6. The SMILES string of the molecule is CCN(CC)CCN1C(=O)C(=O)C(=C(O)c2c(C)[nH]c(C(=O)OC)c2C)[C@@H]1c1cc(OC)ccc1OC. The second kappa shape index (κ2) is 11.5. The van der Waals surface area contributed by atoms with Gasteiger partial charge in [-0.3, -0.25) is 9.59 Å². The average molecular weight is 514 g/mol. The highest BCUT2D eigenvalue weighted by Crippen LogP contribution is 2.44. The molecule has 0 bridgehead atoms. The van der Waals surface area contributed by atoms with Gasteiger partial charge in [0.05, 0.1) is 32.9 Å². The van der Waals surface area contributed by atoms with Crippen molar-refractivity contribution in [3.05, 3.63) is 51.9 Å². The zero-order valence-electron chi connectivity index (χ0n) is 22.4. The molecule has 1 aliphatic rings. The number of hydrogen-bond donors (Lipinski definition) is 2. The number of nitrogens with one attached hydrogen (secondary N) is 1. The van der Waals surface area contributed by atoms with Crippen LogP contribution in [0.4, 0.5) is 0 Å². The molecule has 1 aromatic carbocycles. The van der Waals surface area contributed by atoms with E-state index in [0.717, 1.165) is 13.1 Å². The molecule has 0 unspecified atom stereocenters. The minimum absolute atomic E-state index is 0.0854. The molecule has 1 saturated heterocycles. The number of methoxy groups -OCH3 is 3. The molecule has 0 spiro atoms. The molecule has 3 rings (SSSR count). The van der Waals surface area contributed by atoms with Crippen molar-refractivity contribution in [1.29, 1.82) is 0 Å². The number of aliphatic hydroxyl groups excluding tert-OH is 1. The number of H-pyrrole nitrogens is 1. The van der Waals surface area contributed by atoms with Gasteiger partial charge in [0.15, 0.2) is 0 Å². The summed E-state index contributed by atoms with van der Waals surface area (Å²) in [7, 11) is 4.27. The number of carbonyl (C=O) groups is 3. The number of amides is 1. The van der Waals surface area contributed by atoms with E-state index in [9.17, 15) is 19.5 Å². The monoisotopic (exact) mass is 513 g/mol. The van der Waals surface area contributed by atoms with Crippen molar-refractivity contribution in [1.82, 2.24) is 14.8 Å². The fourth-order valence-corrected chi connectivity index (χ4v) is 4.82. The van der Waals surface area contributed by atoms with Crippen LogP contribution in [0, 0.1) is 13.8 Å². The summed E-state index contributed by atoms with van der Waals surface area (Å²) in [5.74, 6) is -1.57. The van der Waals surface area contributed by atoms with E-state index in [4.69, 9.17) is 14.2 Å². The predicted octanol–water partition coefficient (Wildman–Crippen LogP) is 3.20. The number of nitrogens with zero attached hydrogens (tertiary/aromatic N) is 2. The summed E-state index contributed by atoms with van der Waals surface area (Å²) in [4.78, 5) is 45.6. The maximum Gasteiger partial charge on any atom is 0.354 e. The third-order valence-corrected chi connectivity index (χ3v) is 6.89. The van der Waals surface area contributed by atoms with Gasteiger partial charge in [0.1, 0.15) is 23.0 Å². The molecule has 2 aromatic rings. The third kappa shape index (κ3) is 5.06. The van der Waals surface area contributed by atoms with E-state index in [-0.39, 0.29) is 29.1 Å². The molecule has 37 heavy (non-hydrogen) atoms. The van der Waals surface area contributed by atoms with Crippen LogP contribution in [0.1, 0.15) is 52.8 Å². The van der Waals surface area contributed by atoms with Gasteiger partial charge in [-0.25, -0.2) is 4.79 Å². The zero-order valence-corrected chi connectivity index (χ0v) is 22.4. The largest absolute Gasteiger partial charge is 0.507 e. The number of ketones is 1. The molecule has 1 aromatic heterocycles. The highest BCUT2D eigenvalue weighted by molar-refractivity contribution is 6.46. The quantitative estimate of drug-likeness (QED) is 0.215. The van der Waals surface area contributed by atoms with Crippen LogP contribution in [0.15, 0.2) is 23.8 Å². The van der Waals surface area contributed by atoms with Gasteiger partial charge in [-0.1, -0.05) is 13.8 Å². The Bertz CT molecular complexity index is 1230. The van der Waals surface area contributed by atoms with Crippen molar-refractivity contribution in [2.24, 2.45) is 0 Å². The minimum Gasteiger partial charge on any atom is -0.507 e. The van der Waals surface area contributed by atoms with E-state index in [0.29, 0.717) is 34.9 Å². The first-order valence-corrected chi connectivity index (χ1v) is 12.1. The van der Waals surface area contributed by atoms with Gasteiger partial charge in [0.25, 0.3) is 11.7 Å². The number of aryl methyl sites for hydroxylation is 1. The third-order valence-electron chi connectivity index (χ3n) is 6.89. The molecule has 1 atom stereocenters. The van der Waals surface area contributed by atoms with Crippen molar-refractivity contribution >= 4 is 23.4 Å². The highest BCUT2D eigenvalue weighted by atomic mass is 16.5. The highest BCUT2D eigenvalue weighted by Gasteiger charge is 2.47. The predicted molar refractivity (Wildman–Crippen MR) is 138 cm³/mol. The Morgan fingerprint density at radius 2 is 1.78 bits per heavy atom. The van der Waals surface area contributed by atoms with Gasteiger partial charge < -0.3 is 34.1 Å². The number of hydrogen-bond acceptors (Lipinski definition) is 8. The zero-order chi connectivity index (χ0) is 27.4. The lowest BCUT2D eigenvalue weighted by atomic mass is 9.93. The number of aromatic amines is 1. The molecule has 0 aliphatic carbocycles. The van der Waals surface area contributed by atoms with Crippen molar-refractivity contribution in [3.8, 4) is 11.5 Å². The fourth-order valence-electron chi connectivity index (χ4n) is 4.82. The topological polar surface area (TPSA) is 121 Å². The van der Waals surface area contributed by atoms with Gasteiger partial charge in [-0.05, 0) is 50.7 Å². The smallest absolute Gasteiger partial charge is 0.354 e. The van der Waals surface area contributed by atoms with Crippen LogP contribution in [0.25, 0.3) is 5.76 Å². The van der Waals surface area contributed by atoms with Crippen LogP contribution >= 0.6 is 0 Å². The van der Waals surface area contributed by atoms with Crippen LogP contribution in [-0.4, -0.2) is 85.1 Å². The Balaban J connectivity index is 2.28. The molecule has 1 aliphatic heterocycles. The van der Waals surface area contributed by atoms with Crippen LogP contribution in [0.3, 0.4) is 0 Å². The molecular formula is C27H35N3O7. The molecule has 0 radical (unpaired) electrons. The lowest BCUT2D eigenvalue weighted by Gasteiger charge is -2.29. The average Bonchev–Trinajstić information content (AvgIpc) is 3.34. The van der Waals surface area contributed by atoms with Crippen molar-refractivity contribution in [2.75, 3.05) is 47.5 Å². The molecule has 1 fully saturated rings. The lowest BCUT2D eigenvalue weighted by Crippen LogP contribution is -2.38. The van der Waals surface area contributed by atoms with Gasteiger partial charge in [0, 0.05) is 29.9 Å². The minimum atomic E-state index is -0.934. The second-order valence-corrected chi connectivity index (χ2v) is 8.74. The standard InChI is InChI=1S/C27H35N3O7/c1-8-29(9-2)12-13-30-23(18-14-17(35-5)10-11-19(18)36-6)21(25(32)26(30)33)24(31)20-15(3)22(27(34)37-7)28-16(20)4/h10-11,14,23,28,31H,8-9,12-13H2,1-7H3/t23-/m0/s1. The Labute approximate surface area is 216 Å². The molecule has 10 heteroatoms. The first kappa shape index (κ1) is 27.8. The van der Waals surface area contributed by atoms with Crippen molar-refractivity contribution < 1.29 is 33.7 Å². The maximum absolute atomic E-state index is 13.5. The number of benzene rings is 1. The van der Waals surface area contributed by atoms with E-state index in [1.807, 2.05) is 13.8 Å². The number of likely N-dealkylation sites (tertiary alicyclic amines) is 1. The molecule has 0 saturated carbocycles. The van der Waals surface area contributed by atoms with Crippen LogP contribution in [-0.2, 0) is 14.3 Å². The second-order valence-electron chi connectivity index (χ2n) is 8.74. The first-order chi connectivity index (χ1) is 17.6. The summed E-state index contributed by atoms with van der Waals surface area (Å²) < 4.78 is 15.8. The van der Waals surface area contributed by atoms with Crippen LogP contribution in [0.2, 0.25) is 0 Å². The summed E-state index contributed by atoms with van der Waals surface area (Å²) in [6.07, 6.45) is 0. The normalized spacial score (nSPS) is 17.0. The Hall–Kier alpha value is -3.79. The Morgan fingerprint density at radius 3 is 2.35 bits per heavy atom. The molecular weight excluding hydrogens is 478 g/mol. The van der Waals surface area contributed by atoms with E-state index >= 15 is 0 Å². The summed E-state index contributed by atoms with van der Waals surface area (Å²) in [6, 6.07) is 4.17. The van der Waals surface area contributed by atoms with E-state index < -0.39 is 23.7 Å². The number of rotatable bonds is 10. The van der Waals surface area contributed by atoms with Crippen LogP contribution in [0.5, 0.6) is 11.5 Å². The molecule has 1 amide bonds. The summed E-state index contributed by atoms with van der Waals surface area (Å²) in [6.45, 7) is 9.73. The summed E-state index contributed by atoms with van der Waals surface area (Å²) in [5.41, 5.74) is 1.72. The number of ether oxygens (including phenoxy) is 3.